The Morgan fingerprint density at radius 3 is 2.21 bits per heavy atom. The second kappa shape index (κ2) is 15.3. The van der Waals surface area contributed by atoms with Crippen LogP contribution in [0.5, 0.6) is 17.2 Å². The molecule has 0 heterocycles. The first-order valence-corrected chi connectivity index (χ1v) is 15.6. The summed E-state index contributed by atoms with van der Waals surface area (Å²) < 4.78 is 45.5. The molecule has 0 saturated carbocycles. The third kappa shape index (κ3) is 8.19. The maximum Gasteiger partial charge on any atom is 0.264 e. The van der Waals surface area contributed by atoms with Gasteiger partial charge in [-0.2, -0.15) is 0 Å². The third-order valence-electron chi connectivity index (χ3n) is 6.98. The molecule has 2 amide bonds. The summed E-state index contributed by atoms with van der Waals surface area (Å²) in [6, 6.07) is 17.4. The summed E-state index contributed by atoms with van der Waals surface area (Å²) >= 11 is 0. The van der Waals surface area contributed by atoms with Gasteiger partial charge in [0.25, 0.3) is 10.0 Å². The van der Waals surface area contributed by atoms with Crippen LogP contribution in [-0.2, 0) is 26.2 Å². The highest BCUT2D eigenvalue weighted by molar-refractivity contribution is 7.92. The van der Waals surface area contributed by atoms with Gasteiger partial charge >= 0.3 is 0 Å². The number of nitrogens with one attached hydrogen (secondary N) is 1. The van der Waals surface area contributed by atoms with Gasteiger partial charge in [-0.25, -0.2) is 8.42 Å². The number of carbonyl (C=O) groups excluding carboxylic acids is 2. The van der Waals surface area contributed by atoms with E-state index in [4.69, 9.17) is 14.2 Å². The molecule has 0 fully saturated rings. The van der Waals surface area contributed by atoms with Crippen molar-refractivity contribution in [3.8, 4) is 17.2 Å². The van der Waals surface area contributed by atoms with E-state index in [1.165, 1.54) is 37.3 Å². The van der Waals surface area contributed by atoms with Crippen LogP contribution >= 0.6 is 0 Å². The lowest BCUT2D eigenvalue weighted by molar-refractivity contribution is -0.139. The molecular weight excluding hydrogens is 570 g/mol. The van der Waals surface area contributed by atoms with Crippen LogP contribution < -0.4 is 23.8 Å². The van der Waals surface area contributed by atoms with Crippen molar-refractivity contribution in [1.82, 2.24) is 10.2 Å². The van der Waals surface area contributed by atoms with Crippen LogP contribution in [0.3, 0.4) is 0 Å². The fourth-order valence-corrected chi connectivity index (χ4v) is 5.89. The second-order valence-electron chi connectivity index (χ2n) is 9.87. The third-order valence-corrected chi connectivity index (χ3v) is 8.75. The topological polar surface area (TPSA) is 114 Å². The molecule has 0 aromatic heterocycles. The van der Waals surface area contributed by atoms with Crippen molar-refractivity contribution in [1.29, 1.82) is 0 Å². The first-order valence-electron chi connectivity index (χ1n) is 14.2. The minimum Gasteiger partial charge on any atom is -0.494 e. The Morgan fingerprint density at radius 2 is 1.60 bits per heavy atom. The first-order chi connectivity index (χ1) is 20.6. The van der Waals surface area contributed by atoms with Crippen LogP contribution in [0.2, 0.25) is 0 Å². The molecule has 0 aliphatic rings. The zero-order chi connectivity index (χ0) is 31.6. The molecule has 11 heteroatoms. The van der Waals surface area contributed by atoms with Crippen molar-refractivity contribution in [2.75, 3.05) is 38.2 Å². The molecule has 3 aromatic carbocycles. The second-order valence-corrected chi connectivity index (χ2v) is 11.7. The fraction of sp³-hybridized carbons (Fsp3) is 0.375. The molecule has 0 spiro atoms. The van der Waals surface area contributed by atoms with Crippen LogP contribution in [0, 0.1) is 6.92 Å². The van der Waals surface area contributed by atoms with E-state index >= 15 is 0 Å². The van der Waals surface area contributed by atoms with E-state index in [0.29, 0.717) is 24.7 Å². The highest BCUT2D eigenvalue weighted by atomic mass is 32.2. The number of ether oxygens (including phenoxy) is 3. The van der Waals surface area contributed by atoms with Crippen LogP contribution in [0.4, 0.5) is 5.69 Å². The van der Waals surface area contributed by atoms with E-state index in [0.717, 1.165) is 21.9 Å². The maximum absolute atomic E-state index is 14.2. The Morgan fingerprint density at radius 1 is 0.930 bits per heavy atom. The zero-order valence-corrected chi connectivity index (χ0v) is 26.4. The minimum atomic E-state index is -4.30. The summed E-state index contributed by atoms with van der Waals surface area (Å²) in [5, 5.41) is 2.85. The molecule has 0 aliphatic carbocycles. The van der Waals surface area contributed by atoms with Crippen LogP contribution in [0.15, 0.2) is 71.6 Å². The number of methoxy groups -OCH3 is 2. The number of benzene rings is 3. The van der Waals surface area contributed by atoms with Crippen molar-refractivity contribution >= 4 is 27.5 Å². The normalized spacial score (nSPS) is 11.8. The molecule has 3 aromatic rings. The van der Waals surface area contributed by atoms with Gasteiger partial charge in [0.05, 0.1) is 31.4 Å². The van der Waals surface area contributed by atoms with Gasteiger partial charge in [0.1, 0.15) is 18.3 Å². The monoisotopic (exact) mass is 611 g/mol. The molecule has 43 heavy (non-hydrogen) atoms. The van der Waals surface area contributed by atoms with Crippen molar-refractivity contribution < 1.29 is 32.2 Å². The zero-order valence-electron chi connectivity index (χ0n) is 25.6. The van der Waals surface area contributed by atoms with Gasteiger partial charge in [-0.3, -0.25) is 13.9 Å². The Labute approximate surface area is 254 Å². The van der Waals surface area contributed by atoms with Gasteiger partial charge in [0.2, 0.25) is 11.8 Å². The molecule has 1 atom stereocenters. The number of rotatable bonds is 15. The molecule has 10 nitrogen and oxygen atoms in total. The molecule has 1 N–H and O–H groups in total. The van der Waals surface area contributed by atoms with Gasteiger partial charge in [-0.1, -0.05) is 31.2 Å². The number of hydrogen-bond acceptors (Lipinski definition) is 7. The number of sulfonamides is 1. The lowest BCUT2D eigenvalue weighted by Crippen LogP contribution is -2.51. The maximum atomic E-state index is 14.2. The molecule has 0 bridgehead atoms. The van der Waals surface area contributed by atoms with Crippen molar-refractivity contribution in [2.45, 2.75) is 51.6 Å². The number of amides is 2. The lowest BCUT2D eigenvalue weighted by Gasteiger charge is -2.32. The number of carbonyl (C=O) groups is 2. The fourth-order valence-electron chi connectivity index (χ4n) is 4.46. The quantitative estimate of drug-likeness (QED) is 0.268. The predicted molar refractivity (Wildman–Crippen MR) is 166 cm³/mol. The van der Waals surface area contributed by atoms with Gasteiger partial charge < -0.3 is 24.4 Å². The average molecular weight is 612 g/mol. The molecule has 0 aliphatic heterocycles. The van der Waals surface area contributed by atoms with Crippen molar-refractivity contribution in [3.63, 3.8) is 0 Å². The number of aryl methyl sites for hydroxylation is 1. The number of anilines is 1. The molecular formula is C32H41N3O7S. The van der Waals surface area contributed by atoms with E-state index in [1.54, 1.807) is 31.2 Å². The van der Waals surface area contributed by atoms with E-state index < -0.39 is 28.5 Å². The minimum absolute atomic E-state index is 0.0916. The predicted octanol–water partition coefficient (Wildman–Crippen LogP) is 4.55. The van der Waals surface area contributed by atoms with Crippen molar-refractivity contribution in [3.05, 3.63) is 77.9 Å². The Balaban J connectivity index is 2.08. The Hall–Kier alpha value is -4.25. The summed E-state index contributed by atoms with van der Waals surface area (Å²) in [7, 11) is -1.43. The van der Waals surface area contributed by atoms with Gasteiger partial charge in [0.15, 0.2) is 11.5 Å². The SMILES string of the molecule is CCCNC(=O)[C@H](C)N(Cc1ccccc1C)C(=O)CN(c1ccc(OCC)cc1)S(=O)(=O)c1ccc(OC)c(OC)c1. The van der Waals surface area contributed by atoms with Gasteiger partial charge in [-0.05, 0) is 74.7 Å². The molecule has 0 saturated heterocycles. The summed E-state index contributed by atoms with van der Waals surface area (Å²) in [5.74, 6) is 0.285. The smallest absolute Gasteiger partial charge is 0.264 e. The summed E-state index contributed by atoms with van der Waals surface area (Å²) in [6.07, 6.45) is 0.735. The van der Waals surface area contributed by atoms with E-state index in [-0.39, 0.29) is 28.8 Å². The summed E-state index contributed by atoms with van der Waals surface area (Å²) in [4.78, 5) is 28.5. The van der Waals surface area contributed by atoms with Crippen LogP contribution in [0.25, 0.3) is 0 Å². The van der Waals surface area contributed by atoms with E-state index in [2.05, 4.69) is 5.32 Å². The Bertz CT molecular complexity index is 1490. The summed E-state index contributed by atoms with van der Waals surface area (Å²) in [6.45, 7) is 7.83. The molecule has 0 radical (unpaired) electrons. The van der Waals surface area contributed by atoms with E-state index in [1.807, 2.05) is 45.0 Å². The Kier molecular flexibility index (Phi) is 11.8. The molecule has 0 unspecified atom stereocenters. The van der Waals surface area contributed by atoms with Crippen LogP contribution in [-0.4, -0.2) is 65.1 Å². The van der Waals surface area contributed by atoms with Gasteiger partial charge in [0, 0.05) is 19.2 Å². The van der Waals surface area contributed by atoms with Gasteiger partial charge in [-0.15, -0.1) is 0 Å². The summed E-state index contributed by atoms with van der Waals surface area (Å²) in [5.41, 5.74) is 2.05. The largest absolute Gasteiger partial charge is 0.494 e. The molecule has 3 rings (SSSR count). The molecule has 232 valence electrons. The highest BCUT2D eigenvalue weighted by Gasteiger charge is 2.33. The number of nitrogens with zero attached hydrogens (tertiary/aromatic N) is 2. The van der Waals surface area contributed by atoms with Crippen molar-refractivity contribution in [2.24, 2.45) is 0 Å². The van der Waals surface area contributed by atoms with Crippen LogP contribution in [0.1, 0.15) is 38.3 Å². The number of hydrogen-bond donors (Lipinski definition) is 1. The first kappa shape index (κ1) is 33.3. The average Bonchev–Trinajstić information content (AvgIpc) is 3.01. The van der Waals surface area contributed by atoms with E-state index in [9.17, 15) is 18.0 Å². The standard InChI is InChI=1S/C32H41N3O7S/c1-7-19-33-32(37)24(4)34(21-25-12-10-9-11-23(25)3)31(36)22-35(26-13-15-27(16-14-26)42-8-2)43(38,39)28-17-18-29(40-5)30(20-28)41-6/h9-18,20,24H,7-8,19,21-22H2,1-6H3,(H,33,37)/t24-/m0/s1. The lowest BCUT2D eigenvalue weighted by atomic mass is 10.1. The highest BCUT2D eigenvalue weighted by Crippen LogP contribution is 2.33.